The van der Waals surface area contributed by atoms with Crippen LogP contribution in [0, 0.1) is 0 Å². The van der Waals surface area contributed by atoms with Gasteiger partial charge in [0.05, 0.1) is 12.7 Å². The number of aromatic nitrogens is 2. The normalized spacial score (nSPS) is 10.9. The monoisotopic (exact) mass is 417 g/mol. The molecule has 1 heterocycles. The first-order valence-corrected chi connectivity index (χ1v) is 10.4. The molecule has 31 heavy (non-hydrogen) atoms. The zero-order valence-electron chi connectivity index (χ0n) is 17.9. The number of carbonyl (C=O) groups excluding carboxylic acids is 2. The molecule has 3 rings (SSSR count). The molecule has 0 aliphatic rings. The fraction of sp³-hybridized carbons (Fsp3) is 0.240. The van der Waals surface area contributed by atoms with Crippen LogP contribution in [0.2, 0.25) is 0 Å². The van der Waals surface area contributed by atoms with Crippen molar-refractivity contribution in [1.29, 1.82) is 0 Å². The molecule has 6 nitrogen and oxygen atoms in total. The number of anilines is 1. The molecule has 6 heteroatoms. The van der Waals surface area contributed by atoms with Gasteiger partial charge in [-0.2, -0.15) is 5.10 Å². The molecular formula is C25H27N3O3. The van der Waals surface area contributed by atoms with Crippen LogP contribution >= 0.6 is 0 Å². The van der Waals surface area contributed by atoms with Gasteiger partial charge in [0.25, 0.3) is 5.91 Å². The third-order valence-electron chi connectivity index (χ3n) is 4.86. The Morgan fingerprint density at radius 2 is 1.74 bits per heavy atom. The minimum absolute atomic E-state index is 0.336. The van der Waals surface area contributed by atoms with Crippen LogP contribution in [0.25, 0.3) is 6.08 Å². The average Bonchev–Trinajstić information content (AvgIpc) is 3.24. The van der Waals surface area contributed by atoms with Crippen LogP contribution in [0.5, 0.6) is 0 Å². The summed E-state index contributed by atoms with van der Waals surface area (Å²) in [6.07, 6.45) is 8.06. The number of ether oxygens (including phenoxy) is 1. The van der Waals surface area contributed by atoms with Crippen LogP contribution in [0.4, 0.5) is 5.69 Å². The predicted molar refractivity (Wildman–Crippen MR) is 122 cm³/mol. The SMILES string of the molecule is CCc1cccc(CC)c1NC(=O)COC(=O)/C=C/c1cnn(Cc2ccccc2)c1. The van der Waals surface area contributed by atoms with E-state index in [1.54, 1.807) is 17.0 Å². The fourth-order valence-corrected chi connectivity index (χ4v) is 3.25. The smallest absolute Gasteiger partial charge is 0.331 e. The predicted octanol–water partition coefficient (Wildman–Crippen LogP) is 4.25. The number of aryl methyl sites for hydroxylation is 2. The largest absolute Gasteiger partial charge is 0.452 e. The highest BCUT2D eigenvalue weighted by atomic mass is 16.5. The second-order valence-corrected chi connectivity index (χ2v) is 7.10. The van der Waals surface area contributed by atoms with E-state index in [0.717, 1.165) is 40.8 Å². The number of nitrogens with one attached hydrogen (secondary N) is 1. The summed E-state index contributed by atoms with van der Waals surface area (Å²) < 4.78 is 6.88. The molecule has 1 N–H and O–H groups in total. The summed E-state index contributed by atoms with van der Waals surface area (Å²) in [7, 11) is 0. The van der Waals surface area contributed by atoms with Crippen molar-refractivity contribution in [2.75, 3.05) is 11.9 Å². The molecule has 3 aromatic rings. The van der Waals surface area contributed by atoms with Crippen molar-refractivity contribution in [3.05, 3.63) is 89.3 Å². The molecule has 1 aromatic heterocycles. The highest BCUT2D eigenvalue weighted by molar-refractivity contribution is 5.95. The van der Waals surface area contributed by atoms with E-state index in [1.807, 2.05) is 68.6 Å². The standard InChI is InChI=1S/C25H27N3O3/c1-3-21-11-8-12-22(4-2)25(21)27-23(29)18-31-24(30)14-13-20-15-26-28(17-20)16-19-9-6-5-7-10-19/h5-15,17H,3-4,16,18H2,1-2H3,(H,27,29)/b14-13+. The molecule has 0 bridgehead atoms. The Kier molecular flexibility index (Phi) is 7.76. The summed E-state index contributed by atoms with van der Waals surface area (Å²) in [4.78, 5) is 24.3. The van der Waals surface area contributed by atoms with Gasteiger partial charge >= 0.3 is 5.97 Å². The third kappa shape index (κ3) is 6.40. The first-order chi connectivity index (χ1) is 15.1. The second-order valence-electron chi connectivity index (χ2n) is 7.10. The minimum atomic E-state index is -0.578. The summed E-state index contributed by atoms with van der Waals surface area (Å²) in [5.41, 5.74) is 4.86. The van der Waals surface area contributed by atoms with Gasteiger partial charge in [0, 0.05) is 23.5 Å². The Morgan fingerprint density at radius 1 is 1.03 bits per heavy atom. The third-order valence-corrected chi connectivity index (χ3v) is 4.86. The Morgan fingerprint density at radius 3 is 2.42 bits per heavy atom. The van der Waals surface area contributed by atoms with Crippen molar-refractivity contribution in [1.82, 2.24) is 9.78 Å². The van der Waals surface area contributed by atoms with Crippen molar-refractivity contribution in [2.45, 2.75) is 33.2 Å². The molecule has 0 saturated carbocycles. The van der Waals surface area contributed by atoms with E-state index in [-0.39, 0.29) is 12.5 Å². The van der Waals surface area contributed by atoms with Crippen LogP contribution in [0.1, 0.15) is 36.1 Å². The lowest BCUT2D eigenvalue weighted by Gasteiger charge is -2.14. The topological polar surface area (TPSA) is 73.2 Å². The van der Waals surface area contributed by atoms with Crippen molar-refractivity contribution in [3.63, 3.8) is 0 Å². The number of hydrogen-bond acceptors (Lipinski definition) is 4. The molecule has 1 amide bonds. The van der Waals surface area contributed by atoms with E-state index in [4.69, 9.17) is 4.74 Å². The molecule has 0 aliphatic carbocycles. The van der Waals surface area contributed by atoms with Gasteiger partial charge in [0.15, 0.2) is 6.61 Å². The van der Waals surface area contributed by atoms with Crippen LogP contribution in [0.3, 0.4) is 0 Å². The Labute approximate surface area is 182 Å². The Hall–Kier alpha value is -3.67. The highest BCUT2D eigenvalue weighted by Crippen LogP contribution is 2.22. The molecular weight excluding hydrogens is 390 g/mol. The lowest BCUT2D eigenvalue weighted by Crippen LogP contribution is -2.21. The zero-order chi connectivity index (χ0) is 22.1. The molecule has 0 aliphatic heterocycles. The van der Waals surface area contributed by atoms with E-state index in [9.17, 15) is 9.59 Å². The van der Waals surface area contributed by atoms with Crippen molar-refractivity contribution < 1.29 is 14.3 Å². The van der Waals surface area contributed by atoms with E-state index < -0.39 is 5.97 Å². The zero-order valence-corrected chi connectivity index (χ0v) is 17.9. The number of amides is 1. The fourth-order valence-electron chi connectivity index (χ4n) is 3.25. The maximum atomic E-state index is 12.3. The Balaban J connectivity index is 1.50. The average molecular weight is 418 g/mol. The molecule has 160 valence electrons. The quantitative estimate of drug-likeness (QED) is 0.417. The number of esters is 1. The minimum Gasteiger partial charge on any atom is -0.452 e. The summed E-state index contributed by atoms with van der Waals surface area (Å²) in [5, 5.41) is 7.18. The number of hydrogen-bond donors (Lipinski definition) is 1. The van der Waals surface area contributed by atoms with Gasteiger partial charge in [0.2, 0.25) is 0 Å². The molecule has 2 aromatic carbocycles. The van der Waals surface area contributed by atoms with E-state index in [0.29, 0.717) is 6.54 Å². The summed E-state index contributed by atoms with van der Waals surface area (Å²) >= 11 is 0. The van der Waals surface area contributed by atoms with Crippen molar-refractivity contribution >= 4 is 23.6 Å². The molecule has 0 spiro atoms. The van der Waals surface area contributed by atoms with Gasteiger partial charge in [-0.05, 0) is 35.6 Å². The van der Waals surface area contributed by atoms with E-state index >= 15 is 0 Å². The highest BCUT2D eigenvalue weighted by Gasteiger charge is 2.11. The van der Waals surface area contributed by atoms with Gasteiger partial charge < -0.3 is 10.1 Å². The van der Waals surface area contributed by atoms with Gasteiger partial charge in [-0.15, -0.1) is 0 Å². The summed E-state index contributed by atoms with van der Waals surface area (Å²) in [5.74, 6) is -0.932. The molecule has 0 unspecified atom stereocenters. The van der Waals surface area contributed by atoms with E-state index in [1.165, 1.54) is 6.08 Å². The number of rotatable bonds is 9. The molecule has 0 fully saturated rings. The van der Waals surface area contributed by atoms with Crippen LogP contribution in [-0.2, 0) is 33.7 Å². The second kappa shape index (κ2) is 10.9. The van der Waals surface area contributed by atoms with Gasteiger partial charge in [0.1, 0.15) is 0 Å². The maximum absolute atomic E-state index is 12.3. The number of nitrogens with zero attached hydrogens (tertiary/aromatic N) is 2. The lowest BCUT2D eigenvalue weighted by atomic mass is 10.0. The van der Waals surface area contributed by atoms with Gasteiger partial charge in [-0.1, -0.05) is 62.4 Å². The van der Waals surface area contributed by atoms with Crippen LogP contribution < -0.4 is 5.32 Å². The molecule has 0 saturated heterocycles. The first kappa shape index (κ1) is 22.0. The van der Waals surface area contributed by atoms with Crippen LogP contribution in [-0.4, -0.2) is 28.3 Å². The van der Waals surface area contributed by atoms with Gasteiger partial charge in [-0.25, -0.2) is 4.79 Å². The number of para-hydroxylation sites is 1. The van der Waals surface area contributed by atoms with E-state index in [2.05, 4.69) is 10.4 Å². The summed E-state index contributed by atoms with van der Waals surface area (Å²) in [6, 6.07) is 16.0. The van der Waals surface area contributed by atoms with Crippen LogP contribution in [0.15, 0.2) is 67.0 Å². The summed E-state index contributed by atoms with van der Waals surface area (Å²) in [6.45, 7) is 4.39. The maximum Gasteiger partial charge on any atom is 0.331 e. The van der Waals surface area contributed by atoms with Gasteiger partial charge in [-0.3, -0.25) is 9.48 Å². The van der Waals surface area contributed by atoms with Crippen molar-refractivity contribution in [3.8, 4) is 0 Å². The Bertz CT molecular complexity index is 1030. The number of carbonyl (C=O) groups is 2. The number of benzene rings is 2. The lowest BCUT2D eigenvalue weighted by molar-refractivity contribution is -0.142. The van der Waals surface area contributed by atoms with Crippen molar-refractivity contribution in [2.24, 2.45) is 0 Å². The molecule has 0 atom stereocenters. The first-order valence-electron chi connectivity index (χ1n) is 10.4. The molecule has 0 radical (unpaired) electrons.